The van der Waals surface area contributed by atoms with E-state index >= 15 is 4.39 Å². The Kier molecular flexibility index (Phi) is 6.82. The highest BCUT2D eigenvalue weighted by molar-refractivity contribution is 6.32. The number of nitrogens with zero attached hydrogens (tertiary/aromatic N) is 2. The minimum atomic E-state index is -4.72. The number of ether oxygens (including phenoxy) is 2. The number of pyridine rings is 1. The van der Waals surface area contributed by atoms with Crippen LogP contribution >= 0.6 is 11.6 Å². The summed E-state index contributed by atoms with van der Waals surface area (Å²) in [5, 5.41) is 0.964. The van der Waals surface area contributed by atoms with E-state index in [9.17, 15) is 22.8 Å². The van der Waals surface area contributed by atoms with Crippen molar-refractivity contribution in [2.75, 3.05) is 25.3 Å². The highest BCUT2D eigenvalue weighted by Crippen LogP contribution is 2.43. The van der Waals surface area contributed by atoms with E-state index in [4.69, 9.17) is 21.1 Å². The zero-order valence-electron chi connectivity index (χ0n) is 18.5. The van der Waals surface area contributed by atoms with Gasteiger partial charge in [-0.15, -0.1) is 0 Å². The molecule has 0 amide bonds. The Hall–Kier alpha value is -2.59. The van der Waals surface area contributed by atoms with Crippen molar-refractivity contribution < 1.29 is 31.8 Å². The van der Waals surface area contributed by atoms with Gasteiger partial charge >= 0.3 is 6.18 Å². The quantitative estimate of drug-likeness (QED) is 0.319. The van der Waals surface area contributed by atoms with E-state index in [1.165, 1.54) is 19.2 Å². The minimum Gasteiger partial charge on any atom is -0.492 e. The van der Waals surface area contributed by atoms with Crippen molar-refractivity contribution in [2.24, 2.45) is 0 Å². The molecule has 0 bridgehead atoms. The summed E-state index contributed by atoms with van der Waals surface area (Å²) in [4.78, 5) is 24.4. The molecule has 0 saturated heterocycles. The number of benzene rings is 1. The number of methoxy groups -OCH3 is 1. The van der Waals surface area contributed by atoms with Gasteiger partial charge in [0.1, 0.15) is 17.0 Å². The molecule has 1 aromatic heterocycles. The van der Waals surface area contributed by atoms with Crippen LogP contribution in [-0.2, 0) is 11.3 Å². The van der Waals surface area contributed by atoms with Crippen LogP contribution in [0.25, 0.3) is 11.3 Å². The highest BCUT2D eigenvalue weighted by Gasteiger charge is 2.53. The van der Waals surface area contributed by atoms with Gasteiger partial charge in [0.2, 0.25) is 5.43 Å². The molecule has 0 N–H and O–H groups in total. The third-order valence-electron chi connectivity index (χ3n) is 5.59. The number of hydrogen-bond donors (Lipinski definition) is 0. The average Bonchev–Trinajstić information content (AvgIpc) is 2.72. The lowest BCUT2D eigenvalue weighted by molar-refractivity contribution is -0.182. The van der Waals surface area contributed by atoms with E-state index in [2.05, 4.69) is 0 Å². The van der Waals surface area contributed by atoms with Crippen molar-refractivity contribution in [3.63, 3.8) is 0 Å². The summed E-state index contributed by atoms with van der Waals surface area (Å²) in [5.74, 6) is -1.88. The van der Waals surface area contributed by atoms with Gasteiger partial charge in [0, 0.05) is 31.9 Å². The lowest BCUT2D eigenvalue weighted by Crippen LogP contribution is -2.60. The number of Topliss-reactive ketones (excluding diaryl/α,β-unsaturated/α-hetero) is 1. The minimum absolute atomic E-state index is 0.101. The van der Waals surface area contributed by atoms with Crippen LogP contribution in [0.2, 0.25) is 5.02 Å². The lowest BCUT2D eigenvalue weighted by Gasteiger charge is -2.46. The Morgan fingerprint density at radius 2 is 1.88 bits per heavy atom. The van der Waals surface area contributed by atoms with Gasteiger partial charge in [-0.25, -0.2) is 4.39 Å². The van der Waals surface area contributed by atoms with Crippen LogP contribution in [-0.4, -0.2) is 42.5 Å². The molecule has 3 rings (SSSR count). The van der Waals surface area contributed by atoms with E-state index in [0.717, 1.165) is 36.7 Å². The Bertz CT molecular complexity index is 1140. The first kappa shape index (κ1) is 25.0. The zero-order valence-corrected chi connectivity index (χ0v) is 19.2. The van der Waals surface area contributed by atoms with Crippen molar-refractivity contribution in [2.45, 2.75) is 45.5 Å². The predicted octanol–water partition coefficient (Wildman–Crippen LogP) is 4.72. The van der Waals surface area contributed by atoms with Gasteiger partial charge in [-0.2, -0.15) is 13.2 Å². The van der Waals surface area contributed by atoms with Gasteiger partial charge in [-0.1, -0.05) is 11.6 Å². The molecule has 2 heterocycles. The van der Waals surface area contributed by atoms with Crippen molar-refractivity contribution in [3.8, 4) is 17.0 Å². The van der Waals surface area contributed by atoms with Crippen molar-refractivity contribution >= 4 is 17.4 Å². The fourth-order valence-corrected chi connectivity index (χ4v) is 3.77. The Morgan fingerprint density at radius 3 is 2.45 bits per heavy atom. The monoisotopic (exact) mass is 490 g/mol. The molecule has 0 saturated carbocycles. The SMILES string of the molecule is COCCCOc1cc2c(cc1Cl)-c1c(F)c(=O)c(C(C)=O)cn1N(C(C)(C)C(F)(F)F)C2. The van der Waals surface area contributed by atoms with Crippen molar-refractivity contribution in [1.29, 1.82) is 0 Å². The summed E-state index contributed by atoms with van der Waals surface area (Å²) in [6.45, 7) is 3.29. The largest absolute Gasteiger partial charge is 0.492 e. The molecule has 11 heteroatoms. The first-order valence-corrected chi connectivity index (χ1v) is 10.4. The smallest absolute Gasteiger partial charge is 0.412 e. The zero-order chi connectivity index (χ0) is 24.7. The number of fused-ring (bicyclic) bond motifs is 3. The molecule has 2 aromatic rings. The molecule has 1 aliphatic heterocycles. The third kappa shape index (κ3) is 4.46. The molecule has 0 unspecified atom stereocenters. The van der Waals surface area contributed by atoms with E-state index in [1.54, 1.807) is 0 Å². The van der Waals surface area contributed by atoms with Gasteiger partial charge in [-0.3, -0.25) is 19.3 Å². The summed E-state index contributed by atoms with van der Waals surface area (Å²) in [6, 6.07) is 2.79. The summed E-state index contributed by atoms with van der Waals surface area (Å²) in [6.07, 6.45) is -3.22. The third-order valence-corrected chi connectivity index (χ3v) is 5.89. The Balaban J connectivity index is 2.24. The van der Waals surface area contributed by atoms with Crippen molar-refractivity contribution in [3.05, 3.63) is 50.5 Å². The molecular weight excluding hydrogens is 468 g/mol. The van der Waals surface area contributed by atoms with Gasteiger partial charge in [0.05, 0.1) is 23.7 Å². The fourth-order valence-electron chi connectivity index (χ4n) is 3.55. The topological polar surface area (TPSA) is 60.8 Å². The molecule has 1 aromatic carbocycles. The summed E-state index contributed by atoms with van der Waals surface area (Å²) in [5.41, 5.74) is -4.20. The van der Waals surface area contributed by atoms with Crippen LogP contribution in [0.3, 0.4) is 0 Å². The number of hydrogen-bond acceptors (Lipinski definition) is 5. The molecule has 0 spiro atoms. The van der Waals surface area contributed by atoms with E-state index in [-0.39, 0.29) is 35.1 Å². The second-order valence-corrected chi connectivity index (χ2v) is 8.59. The summed E-state index contributed by atoms with van der Waals surface area (Å²) < 4.78 is 68.7. The van der Waals surface area contributed by atoms with Crippen LogP contribution in [0, 0.1) is 5.82 Å². The van der Waals surface area contributed by atoms with Gasteiger partial charge in [-0.05, 0) is 38.5 Å². The number of halogens is 5. The molecular formula is C22H23ClF4N2O4. The number of aromatic nitrogens is 1. The molecule has 33 heavy (non-hydrogen) atoms. The maximum Gasteiger partial charge on any atom is 0.412 e. The van der Waals surface area contributed by atoms with E-state index in [1.807, 2.05) is 0 Å². The first-order chi connectivity index (χ1) is 15.3. The Morgan fingerprint density at radius 1 is 1.21 bits per heavy atom. The fraction of sp³-hybridized carbons (Fsp3) is 0.455. The average molecular weight is 491 g/mol. The van der Waals surface area contributed by atoms with Gasteiger partial charge in [0.15, 0.2) is 11.6 Å². The molecule has 0 fully saturated rings. The molecule has 0 aliphatic carbocycles. The standard InChI is InChI=1S/C22H23ClF4N2O4/c1-12(30)15-11-28-19(18(24)20(15)31)14-9-16(23)17(33-7-5-6-32-4)8-13(14)10-29(28)21(2,3)22(25,26)27/h8-9,11H,5-7,10H2,1-4H3. The van der Waals surface area contributed by atoms with Crippen LogP contribution in [0.15, 0.2) is 23.1 Å². The number of carbonyl (C=O) groups excluding carboxylic acids is 1. The predicted molar refractivity (Wildman–Crippen MR) is 115 cm³/mol. The molecule has 0 atom stereocenters. The highest BCUT2D eigenvalue weighted by atomic mass is 35.5. The molecule has 1 aliphatic rings. The second kappa shape index (κ2) is 8.98. The summed E-state index contributed by atoms with van der Waals surface area (Å²) >= 11 is 6.30. The number of ketones is 1. The van der Waals surface area contributed by atoms with Crippen LogP contribution in [0.4, 0.5) is 17.6 Å². The van der Waals surface area contributed by atoms with Crippen LogP contribution in [0.5, 0.6) is 5.75 Å². The second-order valence-electron chi connectivity index (χ2n) is 8.18. The maximum atomic E-state index is 15.3. The van der Waals surface area contributed by atoms with Crippen molar-refractivity contribution in [1.82, 2.24) is 4.68 Å². The number of rotatable bonds is 7. The normalized spacial score (nSPS) is 13.5. The van der Waals surface area contributed by atoms with E-state index < -0.39 is 40.0 Å². The lowest BCUT2D eigenvalue weighted by atomic mass is 9.95. The van der Waals surface area contributed by atoms with Gasteiger partial charge in [0.25, 0.3) is 0 Å². The molecule has 180 valence electrons. The number of carbonyl (C=O) groups is 1. The van der Waals surface area contributed by atoms with Crippen LogP contribution in [0.1, 0.15) is 43.1 Å². The molecule has 6 nitrogen and oxygen atoms in total. The first-order valence-electron chi connectivity index (χ1n) is 10.1. The number of alkyl halides is 3. The molecule has 0 radical (unpaired) electrons. The van der Waals surface area contributed by atoms with E-state index in [0.29, 0.717) is 13.0 Å². The maximum absolute atomic E-state index is 15.3. The Labute approximate surface area is 192 Å². The van der Waals surface area contributed by atoms with Crippen LogP contribution < -0.4 is 15.2 Å². The van der Waals surface area contributed by atoms with Gasteiger partial charge < -0.3 is 9.47 Å². The summed E-state index contributed by atoms with van der Waals surface area (Å²) in [7, 11) is 1.54.